The average Bonchev–Trinajstić information content (AvgIpc) is 2.68. The Morgan fingerprint density at radius 1 is 1.15 bits per heavy atom. The van der Waals surface area contributed by atoms with Gasteiger partial charge in [-0.1, -0.05) is 12.1 Å². The van der Waals surface area contributed by atoms with Gasteiger partial charge < -0.3 is 0 Å². The maximum absolute atomic E-state index is 14.7. The summed E-state index contributed by atoms with van der Waals surface area (Å²) in [6.07, 6.45) is 3.24. The molecule has 0 bridgehead atoms. The molecule has 26 heavy (non-hydrogen) atoms. The first-order chi connectivity index (χ1) is 12.6. The maximum Gasteiger partial charge on any atom is 0.160 e. The van der Waals surface area contributed by atoms with Crippen LogP contribution in [0, 0.1) is 24.1 Å². The summed E-state index contributed by atoms with van der Waals surface area (Å²) in [5, 5.41) is 8.88. The van der Waals surface area contributed by atoms with Crippen LogP contribution in [0.5, 0.6) is 0 Å². The second kappa shape index (κ2) is 7.49. The molecule has 0 unspecified atom stereocenters. The predicted molar refractivity (Wildman–Crippen MR) is 101 cm³/mol. The molecule has 4 nitrogen and oxygen atoms in total. The molecule has 0 amide bonds. The summed E-state index contributed by atoms with van der Waals surface area (Å²) >= 11 is 0. The lowest BCUT2D eigenvalue weighted by atomic mass is 10.0. The number of nitriles is 1. The maximum atomic E-state index is 14.7. The van der Waals surface area contributed by atoms with Crippen molar-refractivity contribution in [2.24, 2.45) is 9.98 Å². The van der Waals surface area contributed by atoms with Gasteiger partial charge in [0.05, 0.1) is 11.6 Å². The van der Waals surface area contributed by atoms with Crippen LogP contribution in [0.4, 0.5) is 10.1 Å². The van der Waals surface area contributed by atoms with E-state index in [1.807, 2.05) is 6.07 Å². The largest absolute Gasteiger partial charge is 0.264 e. The quantitative estimate of drug-likeness (QED) is 0.505. The van der Waals surface area contributed by atoms with Crippen molar-refractivity contribution in [2.45, 2.75) is 6.92 Å². The van der Waals surface area contributed by atoms with Gasteiger partial charge >= 0.3 is 0 Å². The van der Waals surface area contributed by atoms with Crippen LogP contribution in [-0.2, 0) is 0 Å². The predicted octanol–water partition coefficient (Wildman–Crippen LogP) is 4.85. The zero-order chi connectivity index (χ0) is 18.5. The van der Waals surface area contributed by atoms with Crippen molar-refractivity contribution in [1.82, 2.24) is 4.98 Å². The van der Waals surface area contributed by atoms with Crippen LogP contribution in [0.1, 0.15) is 16.7 Å². The van der Waals surface area contributed by atoms with Crippen molar-refractivity contribution in [3.63, 3.8) is 0 Å². The number of aromatic nitrogens is 1. The summed E-state index contributed by atoms with van der Waals surface area (Å²) in [6, 6.07) is 15.9. The van der Waals surface area contributed by atoms with E-state index in [-0.39, 0.29) is 5.69 Å². The van der Waals surface area contributed by atoms with Crippen LogP contribution in [0.3, 0.4) is 0 Å². The van der Waals surface area contributed by atoms with Gasteiger partial charge in [0.1, 0.15) is 11.5 Å². The van der Waals surface area contributed by atoms with E-state index in [0.29, 0.717) is 22.5 Å². The average molecular weight is 342 g/mol. The molecule has 0 radical (unpaired) electrons. The third-order valence-corrected chi connectivity index (χ3v) is 3.89. The second-order valence-electron chi connectivity index (χ2n) is 5.65. The monoisotopic (exact) mass is 342 g/mol. The standard InChI is InChI=1S/C21H15FN4/c1-14-10-18(16-7-5-15(12-23)6-8-16)11-19(22)20(14)26-21(24-2)17-4-3-9-25-13-17/h3-11,13H,2H2,1H3. The first-order valence-corrected chi connectivity index (χ1v) is 7.89. The molecule has 0 saturated carbocycles. The number of amidine groups is 1. The van der Waals surface area contributed by atoms with E-state index in [9.17, 15) is 4.39 Å². The van der Waals surface area contributed by atoms with Gasteiger partial charge in [-0.25, -0.2) is 14.4 Å². The summed E-state index contributed by atoms with van der Waals surface area (Å²) in [5.41, 5.74) is 3.67. The number of aliphatic imine (C=N–C) groups is 2. The van der Waals surface area contributed by atoms with Gasteiger partial charge in [-0.2, -0.15) is 5.26 Å². The lowest BCUT2D eigenvalue weighted by Crippen LogP contribution is -1.98. The molecule has 0 N–H and O–H groups in total. The molecule has 1 heterocycles. The van der Waals surface area contributed by atoms with E-state index in [2.05, 4.69) is 27.8 Å². The lowest BCUT2D eigenvalue weighted by molar-refractivity contribution is 0.629. The fourth-order valence-corrected chi connectivity index (χ4v) is 2.57. The lowest BCUT2D eigenvalue weighted by Gasteiger charge is -2.09. The van der Waals surface area contributed by atoms with Crippen LogP contribution in [0.25, 0.3) is 11.1 Å². The third kappa shape index (κ3) is 3.55. The number of hydrogen-bond donors (Lipinski definition) is 0. The Hall–Kier alpha value is -3.65. The Morgan fingerprint density at radius 3 is 2.50 bits per heavy atom. The van der Waals surface area contributed by atoms with Crippen LogP contribution >= 0.6 is 0 Å². The van der Waals surface area contributed by atoms with Gasteiger partial charge in [0, 0.05) is 18.0 Å². The van der Waals surface area contributed by atoms with Crippen LogP contribution in [0.15, 0.2) is 70.9 Å². The van der Waals surface area contributed by atoms with Crippen molar-refractivity contribution < 1.29 is 4.39 Å². The molecular formula is C21H15FN4. The topological polar surface area (TPSA) is 61.4 Å². The van der Waals surface area contributed by atoms with Crippen LogP contribution < -0.4 is 0 Å². The Morgan fingerprint density at radius 2 is 1.92 bits per heavy atom. The summed E-state index contributed by atoms with van der Waals surface area (Å²) in [6.45, 7) is 5.31. The van der Waals surface area contributed by atoms with Gasteiger partial charge in [-0.15, -0.1) is 0 Å². The number of hydrogen-bond acceptors (Lipinski definition) is 3. The molecule has 0 atom stereocenters. The van der Waals surface area contributed by atoms with Gasteiger partial charge in [-0.3, -0.25) is 4.98 Å². The molecule has 5 heteroatoms. The van der Waals surface area contributed by atoms with Crippen LogP contribution in [-0.4, -0.2) is 17.5 Å². The molecular weight excluding hydrogens is 327 g/mol. The highest BCUT2D eigenvalue weighted by Gasteiger charge is 2.11. The van der Waals surface area contributed by atoms with E-state index in [4.69, 9.17) is 5.26 Å². The summed E-state index contributed by atoms with van der Waals surface area (Å²) < 4.78 is 14.7. The molecule has 1 aromatic heterocycles. The minimum absolute atomic E-state index is 0.216. The number of rotatable bonds is 3. The fraction of sp³-hybridized carbons (Fsp3) is 0.0476. The fourth-order valence-electron chi connectivity index (χ4n) is 2.57. The van der Waals surface area contributed by atoms with E-state index >= 15 is 0 Å². The van der Waals surface area contributed by atoms with Gasteiger partial charge in [0.15, 0.2) is 5.84 Å². The minimum Gasteiger partial charge on any atom is -0.264 e. The zero-order valence-electron chi connectivity index (χ0n) is 14.1. The molecule has 0 saturated heterocycles. The summed E-state index contributed by atoms with van der Waals surface area (Å²) in [5.74, 6) is -0.138. The van der Waals surface area contributed by atoms with Crippen molar-refractivity contribution in [3.8, 4) is 17.2 Å². The van der Waals surface area contributed by atoms with E-state index < -0.39 is 5.82 Å². The Kier molecular flexibility index (Phi) is 4.95. The first kappa shape index (κ1) is 17.2. The number of halogens is 1. The minimum atomic E-state index is -0.450. The molecule has 0 aliphatic carbocycles. The molecule has 0 fully saturated rings. The second-order valence-corrected chi connectivity index (χ2v) is 5.65. The van der Waals surface area contributed by atoms with Crippen molar-refractivity contribution >= 4 is 18.2 Å². The number of pyridine rings is 1. The Bertz CT molecular complexity index is 993. The Balaban J connectivity index is 2.03. The van der Waals surface area contributed by atoms with E-state index in [1.165, 1.54) is 6.07 Å². The van der Waals surface area contributed by atoms with Gasteiger partial charge in [0.2, 0.25) is 0 Å². The highest BCUT2D eigenvalue weighted by atomic mass is 19.1. The molecule has 126 valence electrons. The molecule has 2 aromatic carbocycles. The van der Waals surface area contributed by atoms with Gasteiger partial charge in [-0.05, 0) is 66.7 Å². The smallest absolute Gasteiger partial charge is 0.160 e. The first-order valence-electron chi connectivity index (χ1n) is 7.89. The summed E-state index contributed by atoms with van der Waals surface area (Å²) in [7, 11) is 0. The third-order valence-electron chi connectivity index (χ3n) is 3.89. The molecule has 3 rings (SSSR count). The number of benzene rings is 2. The van der Waals surface area contributed by atoms with E-state index in [0.717, 1.165) is 11.1 Å². The Labute approximate surface area is 151 Å². The highest BCUT2D eigenvalue weighted by molar-refractivity contribution is 6.02. The van der Waals surface area contributed by atoms with Crippen molar-refractivity contribution in [1.29, 1.82) is 5.26 Å². The van der Waals surface area contributed by atoms with Gasteiger partial charge in [0.25, 0.3) is 0 Å². The number of nitrogens with zero attached hydrogens (tertiary/aromatic N) is 4. The van der Waals surface area contributed by atoms with Crippen LogP contribution in [0.2, 0.25) is 0 Å². The number of aryl methyl sites for hydroxylation is 1. The molecule has 0 spiro atoms. The SMILES string of the molecule is C=NC(=Nc1c(C)cc(-c2ccc(C#N)cc2)cc1F)c1cccnc1. The molecule has 0 aliphatic rings. The molecule has 0 aliphatic heterocycles. The highest BCUT2D eigenvalue weighted by Crippen LogP contribution is 2.30. The normalized spacial score (nSPS) is 11.0. The molecule has 3 aromatic rings. The zero-order valence-corrected chi connectivity index (χ0v) is 14.1. The summed E-state index contributed by atoms with van der Waals surface area (Å²) in [4.78, 5) is 12.3. The van der Waals surface area contributed by atoms with E-state index in [1.54, 1.807) is 55.7 Å². The van der Waals surface area contributed by atoms with Crippen molar-refractivity contribution in [2.75, 3.05) is 0 Å². The van der Waals surface area contributed by atoms with Crippen molar-refractivity contribution in [3.05, 3.63) is 83.4 Å².